The first-order valence-electron chi connectivity index (χ1n) is 5.04. The van der Waals surface area contributed by atoms with Crippen LogP contribution >= 0.6 is 27.3 Å². The Balaban J connectivity index is 2.49. The first-order chi connectivity index (χ1) is 7.61. The number of halogens is 1. The lowest BCUT2D eigenvalue weighted by Gasteiger charge is -2.03. The smallest absolute Gasteiger partial charge is 0.125 e. The van der Waals surface area contributed by atoms with Crippen molar-refractivity contribution in [2.45, 2.75) is 20.4 Å². The van der Waals surface area contributed by atoms with Gasteiger partial charge in [-0.05, 0) is 46.5 Å². The van der Waals surface area contributed by atoms with Crippen molar-refractivity contribution < 1.29 is 0 Å². The van der Waals surface area contributed by atoms with Crippen molar-refractivity contribution in [2.24, 2.45) is 5.73 Å². The van der Waals surface area contributed by atoms with Crippen molar-refractivity contribution in [2.75, 3.05) is 0 Å². The van der Waals surface area contributed by atoms with E-state index >= 15 is 0 Å². The summed E-state index contributed by atoms with van der Waals surface area (Å²) in [6.07, 6.45) is 0. The van der Waals surface area contributed by atoms with Gasteiger partial charge in [-0.25, -0.2) is 4.98 Å². The summed E-state index contributed by atoms with van der Waals surface area (Å²) >= 11 is 5.13. The molecule has 2 N–H and O–H groups in total. The molecule has 0 amide bonds. The van der Waals surface area contributed by atoms with Crippen LogP contribution in [0.3, 0.4) is 0 Å². The first kappa shape index (κ1) is 11.8. The summed E-state index contributed by atoms with van der Waals surface area (Å²) in [6, 6.07) is 6.45. The molecule has 0 unspecified atom stereocenters. The van der Waals surface area contributed by atoms with Crippen molar-refractivity contribution >= 4 is 27.3 Å². The van der Waals surface area contributed by atoms with Gasteiger partial charge in [-0.2, -0.15) is 0 Å². The summed E-state index contributed by atoms with van der Waals surface area (Å²) < 4.78 is 0.890. The predicted molar refractivity (Wildman–Crippen MR) is 72.6 cm³/mol. The average molecular weight is 297 g/mol. The molecule has 0 spiro atoms. The van der Waals surface area contributed by atoms with Crippen LogP contribution < -0.4 is 5.73 Å². The lowest BCUT2D eigenvalue weighted by Crippen LogP contribution is -1.93. The van der Waals surface area contributed by atoms with Crippen LogP contribution in [-0.4, -0.2) is 4.98 Å². The van der Waals surface area contributed by atoms with Crippen LogP contribution in [0.1, 0.15) is 16.1 Å². The van der Waals surface area contributed by atoms with E-state index in [0.29, 0.717) is 6.54 Å². The van der Waals surface area contributed by atoms with Gasteiger partial charge >= 0.3 is 0 Å². The highest BCUT2D eigenvalue weighted by molar-refractivity contribution is 9.10. The fourth-order valence-corrected chi connectivity index (χ4v) is 3.12. The molecule has 0 saturated heterocycles. The molecule has 1 aromatic heterocycles. The highest BCUT2D eigenvalue weighted by Crippen LogP contribution is 2.34. The van der Waals surface area contributed by atoms with Gasteiger partial charge in [0.25, 0.3) is 0 Å². The number of thiazole rings is 1. The lowest BCUT2D eigenvalue weighted by molar-refractivity contribution is 1.03. The lowest BCUT2D eigenvalue weighted by atomic mass is 10.1. The third-order valence-electron chi connectivity index (χ3n) is 2.57. The highest BCUT2D eigenvalue weighted by Gasteiger charge is 2.10. The Morgan fingerprint density at radius 2 is 2.06 bits per heavy atom. The van der Waals surface area contributed by atoms with E-state index in [2.05, 4.69) is 53.0 Å². The monoisotopic (exact) mass is 296 g/mol. The SMILES string of the molecule is Cc1ccc(-c2sc(CN)nc2Br)cc1C. The van der Waals surface area contributed by atoms with Crippen LogP contribution in [0.5, 0.6) is 0 Å². The van der Waals surface area contributed by atoms with Crippen molar-refractivity contribution in [3.8, 4) is 10.4 Å². The first-order valence-corrected chi connectivity index (χ1v) is 6.65. The van der Waals surface area contributed by atoms with Crippen LogP contribution in [0.4, 0.5) is 0 Å². The second kappa shape index (κ2) is 4.65. The number of benzene rings is 1. The number of hydrogen-bond donors (Lipinski definition) is 1. The maximum Gasteiger partial charge on any atom is 0.125 e. The maximum atomic E-state index is 5.59. The van der Waals surface area contributed by atoms with Crippen molar-refractivity contribution in [3.63, 3.8) is 0 Å². The van der Waals surface area contributed by atoms with E-state index in [1.54, 1.807) is 11.3 Å². The van der Waals surface area contributed by atoms with Crippen LogP contribution in [0.25, 0.3) is 10.4 Å². The van der Waals surface area contributed by atoms with Gasteiger partial charge in [0.1, 0.15) is 9.61 Å². The largest absolute Gasteiger partial charge is 0.325 e. The summed E-state index contributed by atoms with van der Waals surface area (Å²) in [4.78, 5) is 5.52. The molecule has 2 rings (SSSR count). The molecule has 0 atom stereocenters. The summed E-state index contributed by atoms with van der Waals surface area (Å²) in [7, 11) is 0. The molecular weight excluding hydrogens is 284 g/mol. The molecule has 0 bridgehead atoms. The van der Waals surface area contributed by atoms with Crippen LogP contribution in [0.15, 0.2) is 22.8 Å². The molecule has 0 aliphatic carbocycles. The van der Waals surface area contributed by atoms with E-state index in [0.717, 1.165) is 14.5 Å². The quantitative estimate of drug-likeness (QED) is 0.919. The topological polar surface area (TPSA) is 38.9 Å². The van der Waals surface area contributed by atoms with E-state index < -0.39 is 0 Å². The minimum Gasteiger partial charge on any atom is -0.325 e. The minimum absolute atomic E-state index is 0.494. The Bertz CT molecular complexity index is 520. The molecule has 0 aliphatic rings. The molecule has 1 aromatic carbocycles. The summed E-state index contributed by atoms with van der Waals surface area (Å²) in [5, 5.41) is 0.958. The Hall–Kier alpha value is -0.710. The number of aryl methyl sites for hydroxylation is 2. The van der Waals surface area contributed by atoms with Gasteiger partial charge in [-0.1, -0.05) is 18.2 Å². The zero-order valence-corrected chi connectivity index (χ0v) is 11.7. The molecule has 2 aromatic rings. The number of nitrogens with two attached hydrogens (primary N) is 1. The van der Waals surface area contributed by atoms with E-state index in [1.807, 2.05) is 0 Å². The van der Waals surface area contributed by atoms with Crippen molar-refractivity contribution in [3.05, 3.63) is 38.9 Å². The fraction of sp³-hybridized carbons (Fsp3) is 0.250. The van der Waals surface area contributed by atoms with Crippen molar-refractivity contribution in [1.29, 1.82) is 0 Å². The normalized spacial score (nSPS) is 10.8. The third kappa shape index (κ3) is 2.19. The van der Waals surface area contributed by atoms with Gasteiger partial charge in [0.2, 0.25) is 0 Å². The highest BCUT2D eigenvalue weighted by atomic mass is 79.9. The fourth-order valence-electron chi connectivity index (χ4n) is 1.49. The Labute approximate surface area is 108 Å². The van der Waals surface area contributed by atoms with E-state index in [4.69, 9.17) is 5.73 Å². The second-order valence-corrected chi connectivity index (χ2v) is 5.57. The zero-order chi connectivity index (χ0) is 11.7. The summed E-state index contributed by atoms with van der Waals surface area (Å²) in [5.74, 6) is 0. The third-order valence-corrected chi connectivity index (χ3v) is 4.54. The molecule has 0 saturated carbocycles. The van der Waals surface area contributed by atoms with Crippen LogP contribution in [0, 0.1) is 13.8 Å². The minimum atomic E-state index is 0.494. The van der Waals surface area contributed by atoms with E-state index in [-0.39, 0.29) is 0 Å². The van der Waals surface area contributed by atoms with Gasteiger partial charge in [-0.3, -0.25) is 0 Å². The van der Waals surface area contributed by atoms with Gasteiger partial charge < -0.3 is 5.73 Å². The van der Waals surface area contributed by atoms with E-state index in [1.165, 1.54) is 16.7 Å². The second-order valence-electron chi connectivity index (χ2n) is 3.73. The number of hydrogen-bond acceptors (Lipinski definition) is 3. The van der Waals surface area contributed by atoms with Gasteiger partial charge in [0.15, 0.2) is 0 Å². The molecule has 84 valence electrons. The maximum absolute atomic E-state index is 5.59. The molecule has 4 heteroatoms. The Kier molecular flexibility index (Phi) is 3.42. The van der Waals surface area contributed by atoms with Crippen LogP contribution in [-0.2, 0) is 6.54 Å². The van der Waals surface area contributed by atoms with Crippen LogP contribution in [0.2, 0.25) is 0 Å². The molecule has 0 aliphatic heterocycles. The summed E-state index contributed by atoms with van der Waals surface area (Å²) in [5.41, 5.74) is 9.40. The Morgan fingerprint density at radius 1 is 1.31 bits per heavy atom. The number of rotatable bonds is 2. The van der Waals surface area contributed by atoms with Gasteiger partial charge in [0, 0.05) is 6.54 Å². The molecule has 16 heavy (non-hydrogen) atoms. The average Bonchev–Trinajstić information content (AvgIpc) is 2.64. The zero-order valence-electron chi connectivity index (χ0n) is 9.25. The van der Waals surface area contributed by atoms with E-state index in [9.17, 15) is 0 Å². The molecule has 0 fully saturated rings. The molecule has 0 radical (unpaired) electrons. The standard InChI is InChI=1S/C12H13BrN2S/c1-7-3-4-9(5-8(7)2)11-12(13)15-10(6-14)16-11/h3-5H,6,14H2,1-2H3. The summed E-state index contributed by atoms with van der Waals surface area (Å²) in [6.45, 7) is 4.73. The predicted octanol–water partition coefficient (Wildman–Crippen LogP) is 3.65. The van der Waals surface area contributed by atoms with Gasteiger partial charge in [-0.15, -0.1) is 11.3 Å². The molecular formula is C12H13BrN2S. The number of aromatic nitrogens is 1. The molecule has 2 nitrogen and oxygen atoms in total. The molecule has 1 heterocycles. The van der Waals surface area contributed by atoms with Gasteiger partial charge in [0.05, 0.1) is 4.88 Å². The number of nitrogens with zero attached hydrogens (tertiary/aromatic N) is 1. The Morgan fingerprint density at radius 3 is 2.62 bits per heavy atom. The van der Waals surface area contributed by atoms with Crippen molar-refractivity contribution in [1.82, 2.24) is 4.98 Å².